The van der Waals surface area contributed by atoms with Gasteiger partial charge in [0.1, 0.15) is 0 Å². The van der Waals surface area contributed by atoms with Gasteiger partial charge < -0.3 is 0 Å². The van der Waals surface area contributed by atoms with Crippen LogP contribution in [-0.4, -0.2) is 32.6 Å². The van der Waals surface area contributed by atoms with Gasteiger partial charge in [0.2, 0.25) is 10.0 Å². The quantitative estimate of drug-likeness (QED) is 0.613. The first-order valence-electron chi connectivity index (χ1n) is 6.81. The molecule has 2 aromatic carbocycles. The minimum atomic E-state index is -3.49. The van der Waals surface area contributed by atoms with E-state index in [1.807, 2.05) is 6.07 Å². The summed E-state index contributed by atoms with van der Waals surface area (Å²) in [7, 11) is -0.569. The number of rotatable bonds is 5. The van der Waals surface area contributed by atoms with E-state index in [2.05, 4.69) is 0 Å². The lowest BCUT2D eigenvalue weighted by atomic mass is 10.1. The minimum Gasteiger partial charge on any atom is -0.289 e. The van der Waals surface area contributed by atoms with Gasteiger partial charge in [-0.1, -0.05) is 29.8 Å². The number of allylic oxidation sites excluding steroid dienone is 1. The average molecular weight is 350 g/mol. The van der Waals surface area contributed by atoms with Crippen molar-refractivity contribution in [1.29, 1.82) is 0 Å². The maximum Gasteiger partial charge on any atom is 0.242 e. The Hall–Kier alpha value is -1.95. The van der Waals surface area contributed by atoms with Crippen LogP contribution in [0.4, 0.5) is 0 Å². The number of hydrogen-bond acceptors (Lipinski definition) is 3. The zero-order valence-electron chi connectivity index (χ0n) is 12.7. The molecule has 0 spiro atoms. The lowest BCUT2D eigenvalue weighted by Crippen LogP contribution is -2.22. The van der Waals surface area contributed by atoms with Crippen LogP contribution < -0.4 is 0 Å². The zero-order valence-corrected chi connectivity index (χ0v) is 14.3. The maximum atomic E-state index is 12.1. The molecule has 0 aliphatic rings. The zero-order chi connectivity index (χ0) is 17.0. The summed E-state index contributed by atoms with van der Waals surface area (Å²) in [5.74, 6) is -0.209. The van der Waals surface area contributed by atoms with E-state index in [-0.39, 0.29) is 10.7 Å². The Bertz CT molecular complexity index is 840. The second-order valence-corrected chi connectivity index (χ2v) is 7.65. The molecule has 0 aliphatic carbocycles. The topological polar surface area (TPSA) is 54.5 Å². The summed E-state index contributed by atoms with van der Waals surface area (Å²) in [6, 6.07) is 13.0. The molecule has 6 heteroatoms. The molecule has 0 N–H and O–H groups in total. The van der Waals surface area contributed by atoms with Crippen molar-refractivity contribution in [3.8, 4) is 0 Å². The van der Waals surface area contributed by atoms with Gasteiger partial charge in [0.15, 0.2) is 5.78 Å². The number of hydrogen-bond donors (Lipinski definition) is 0. The summed E-state index contributed by atoms with van der Waals surface area (Å²) in [6.07, 6.45) is 3.10. The Labute approximate surface area is 141 Å². The third-order valence-electron chi connectivity index (χ3n) is 3.19. The van der Waals surface area contributed by atoms with Gasteiger partial charge in [-0.3, -0.25) is 4.79 Å². The lowest BCUT2D eigenvalue weighted by molar-refractivity contribution is 0.104. The summed E-state index contributed by atoms with van der Waals surface area (Å²) >= 11 is 5.88. The number of nitrogens with zero attached hydrogens (tertiary/aromatic N) is 1. The van der Waals surface area contributed by atoms with E-state index in [9.17, 15) is 13.2 Å². The number of sulfonamides is 1. The predicted molar refractivity (Wildman–Crippen MR) is 92.1 cm³/mol. The van der Waals surface area contributed by atoms with Gasteiger partial charge >= 0.3 is 0 Å². The van der Waals surface area contributed by atoms with E-state index in [0.717, 1.165) is 9.87 Å². The summed E-state index contributed by atoms with van der Waals surface area (Å²) in [4.78, 5) is 12.3. The van der Waals surface area contributed by atoms with Crippen LogP contribution in [0.3, 0.4) is 0 Å². The van der Waals surface area contributed by atoms with Crippen LogP contribution >= 0.6 is 11.6 Å². The van der Waals surface area contributed by atoms with E-state index in [4.69, 9.17) is 11.6 Å². The van der Waals surface area contributed by atoms with E-state index in [1.165, 1.54) is 44.4 Å². The molecule has 0 amide bonds. The summed E-state index contributed by atoms with van der Waals surface area (Å²) < 4.78 is 25.1. The molecular formula is C17H16ClNO3S. The average Bonchev–Trinajstić information content (AvgIpc) is 2.52. The fourth-order valence-electron chi connectivity index (χ4n) is 1.88. The first-order chi connectivity index (χ1) is 10.8. The van der Waals surface area contributed by atoms with Crippen molar-refractivity contribution in [3.63, 3.8) is 0 Å². The standard InChI is InChI=1S/C17H16ClNO3S/c1-19(2)23(21,22)16-9-7-14(8-10-16)17(20)11-6-13-4-3-5-15(18)12-13/h3-12H,1-2H3. The van der Waals surface area contributed by atoms with Gasteiger partial charge in [-0.05, 0) is 48.0 Å². The minimum absolute atomic E-state index is 0.151. The molecule has 4 nitrogen and oxygen atoms in total. The molecule has 0 unspecified atom stereocenters. The highest BCUT2D eigenvalue weighted by atomic mass is 35.5. The van der Waals surface area contributed by atoms with Crippen LogP contribution in [-0.2, 0) is 10.0 Å². The Morgan fingerprint density at radius 3 is 2.30 bits per heavy atom. The maximum absolute atomic E-state index is 12.1. The Morgan fingerprint density at radius 1 is 1.09 bits per heavy atom. The lowest BCUT2D eigenvalue weighted by Gasteiger charge is -2.11. The Balaban J connectivity index is 2.18. The van der Waals surface area contributed by atoms with Crippen LogP contribution in [0.15, 0.2) is 59.5 Å². The van der Waals surface area contributed by atoms with Crippen LogP contribution in [0.1, 0.15) is 15.9 Å². The molecule has 0 heterocycles. The number of benzene rings is 2. The van der Waals surface area contributed by atoms with Gasteiger partial charge in [0.25, 0.3) is 0 Å². The summed E-state index contributed by atoms with van der Waals surface area (Å²) in [5.41, 5.74) is 1.23. The molecule has 0 radical (unpaired) electrons. The first-order valence-corrected chi connectivity index (χ1v) is 8.63. The highest BCUT2D eigenvalue weighted by Gasteiger charge is 2.17. The monoisotopic (exact) mass is 349 g/mol. The van der Waals surface area contributed by atoms with Crippen molar-refractivity contribution >= 4 is 33.5 Å². The van der Waals surface area contributed by atoms with Gasteiger partial charge in [0.05, 0.1) is 4.90 Å². The van der Waals surface area contributed by atoms with Gasteiger partial charge in [0, 0.05) is 24.7 Å². The molecule has 0 aromatic heterocycles. The summed E-state index contributed by atoms with van der Waals surface area (Å²) in [6.45, 7) is 0. The van der Waals surface area contributed by atoms with Gasteiger partial charge in [-0.25, -0.2) is 12.7 Å². The molecule has 0 aliphatic heterocycles. The fraction of sp³-hybridized carbons (Fsp3) is 0.118. The van der Waals surface area contributed by atoms with Crippen LogP contribution in [0.2, 0.25) is 5.02 Å². The molecule has 0 bridgehead atoms. The molecule has 0 fully saturated rings. The van der Waals surface area contributed by atoms with Crippen molar-refractivity contribution in [1.82, 2.24) is 4.31 Å². The van der Waals surface area contributed by atoms with E-state index in [0.29, 0.717) is 10.6 Å². The van der Waals surface area contributed by atoms with Crippen LogP contribution in [0, 0.1) is 0 Å². The number of ketones is 1. The molecule has 2 aromatic rings. The van der Waals surface area contributed by atoms with E-state index in [1.54, 1.807) is 24.3 Å². The normalized spacial score (nSPS) is 12.0. The van der Waals surface area contributed by atoms with Crippen LogP contribution in [0.25, 0.3) is 6.08 Å². The SMILES string of the molecule is CN(C)S(=O)(=O)c1ccc(C(=O)C=Cc2cccc(Cl)c2)cc1. The third kappa shape index (κ3) is 4.28. The van der Waals surface area contributed by atoms with Crippen molar-refractivity contribution in [2.75, 3.05) is 14.1 Å². The van der Waals surface area contributed by atoms with Crippen molar-refractivity contribution < 1.29 is 13.2 Å². The first kappa shape index (κ1) is 17.4. The molecular weight excluding hydrogens is 334 g/mol. The van der Waals surface area contributed by atoms with Gasteiger partial charge in [-0.2, -0.15) is 0 Å². The van der Waals surface area contributed by atoms with Crippen molar-refractivity contribution in [2.45, 2.75) is 4.90 Å². The van der Waals surface area contributed by atoms with Crippen LogP contribution in [0.5, 0.6) is 0 Å². The molecule has 0 saturated carbocycles. The summed E-state index contributed by atoms with van der Waals surface area (Å²) in [5, 5.41) is 0.595. The molecule has 0 atom stereocenters. The largest absolute Gasteiger partial charge is 0.289 e. The predicted octanol–water partition coefficient (Wildman–Crippen LogP) is 3.49. The number of halogens is 1. The number of carbonyl (C=O) groups is 1. The van der Waals surface area contributed by atoms with Gasteiger partial charge in [-0.15, -0.1) is 0 Å². The second-order valence-electron chi connectivity index (χ2n) is 5.06. The Kier molecular flexibility index (Phi) is 5.36. The van der Waals surface area contributed by atoms with E-state index < -0.39 is 10.0 Å². The molecule has 0 saturated heterocycles. The van der Waals surface area contributed by atoms with Crippen molar-refractivity contribution in [2.24, 2.45) is 0 Å². The Morgan fingerprint density at radius 2 is 1.74 bits per heavy atom. The second kappa shape index (κ2) is 7.08. The molecule has 120 valence electrons. The molecule has 2 rings (SSSR count). The fourth-order valence-corrected chi connectivity index (χ4v) is 2.98. The van der Waals surface area contributed by atoms with Crippen molar-refractivity contribution in [3.05, 3.63) is 70.8 Å². The van der Waals surface area contributed by atoms with E-state index >= 15 is 0 Å². The molecule has 23 heavy (non-hydrogen) atoms. The number of carbonyl (C=O) groups excluding carboxylic acids is 1. The third-order valence-corrected chi connectivity index (χ3v) is 5.26. The smallest absolute Gasteiger partial charge is 0.242 e. The highest BCUT2D eigenvalue weighted by Crippen LogP contribution is 2.16. The highest BCUT2D eigenvalue weighted by molar-refractivity contribution is 7.89.